The van der Waals surface area contributed by atoms with Crippen molar-refractivity contribution in [1.29, 1.82) is 0 Å². The fraction of sp³-hybridized carbons (Fsp3) is 0.280. The van der Waals surface area contributed by atoms with Crippen molar-refractivity contribution in [2.75, 3.05) is 0 Å². The number of alkyl halides is 2. The molecule has 1 aliphatic heterocycles. The Balaban J connectivity index is 1.47. The number of aromatic nitrogens is 3. The molecule has 0 radical (unpaired) electrons. The van der Waals surface area contributed by atoms with Gasteiger partial charge in [-0.05, 0) is 31.0 Å². The van der Waals surface area contributed by atoms with Gasteiger partial charge in [0.2, 0.25) is 0 Å². The van der Waals surface area contributed by atoms with E-state index in [1.165, 1.54) is 12.1 Å². The van der Waals surface area contributed by atoms with Crippen LogP contribution in [0.25, 0.3) is 22.2 Å². The molecule has 0 amide bonds. The average Bonchev–Trinajstić information content (AvgIpc) is 3.51. The Morgan fingerprint density at radius 1 is 1.09 bits per heavy atom. The molecule has 1 N–H and O–H groups in total. The van der Waals surface area contributed by atoms with Crippen LogP contribution in [0.15, 0.2) is 54.7 Å². The van der Waals surface area contributed by atoms with Crippen molar-refractivity contribution in [1.82, 2.24) is 14.5 Å². The molecular weight excluding hydrogens is 431 g/mol. The molecule has 3 heterocycles. The zero-order valence-electron chi connectivity index (χ0n) is 17.5. The van der Waals surface area contributed by atoms with Crippen molar-refractivity contribution >= 4 is 11.0 Å². The fourth-order valence-electron chi connectivity index (χ4n) is 4.75. The van der Waals surface area contributed by atoms with Crippen molar-refractivity contribution in [2.24, 2.45) is 0 Å². The number of rotatable bonds is 5. The Morgan fingerprint density at radius 3 is 2.64 bits per heavy atom. The number of benzene rings is 2. The van der Waals surface area contributed by atoms with E-state index in [-0.39, 0.29) is 12.2 Å². The van der Waals surface area contributed by atoms with E-state index in [4.69, 9.17) is 4.74 Å². The summed E-state index contributed by atoms with van der Waals surface area (Å²) in [5.74, 6) is 0.483. The molecule has 1 fully saturated rings. The van der Waals surface area contributed by atoms with Crippen LogP contribution < -0.4 is 4.74 Å². The van der Waals surface area contributed by atoms with Crippen molar-refractivity contribution in [2.45, 2.75) is 43.9 Å². The van der Waals surface area contributed by atoms with Crippen LogP contribution in [0, 0.1) is 5.82 Å². The molecule has 4 aromatic rings. The van der Waals surface area contributed by atoms with Crippen LogP contribution in [0.4, 0.5) is 13.2 Å². The largest absolute Gasteiger partial charge is 0.434 e. The number of imidazole rings is 1. The normalized spacial score (nSPS) is 19.9. The van der Waals surface area contributed by atoms with Crippen molar-refractivity contribution in [3.05, 3.63) is 77.6 Å². The van der Waals surface area contributed by atoms with Crippen LogP contribution in [-0.4, -0.2) is 26.3 Å². The molecule has 1 aliphatic carbocycles. The topological polar surface area (TPSA) is 60.2 Å². The van der Waals surface area contributed by atoms with Gasteiger partial charge in [-0.15, -0.1) is 0 Å². The van der Waals surface area contributed by atoms with E-state index in [0.717, 1.165) is 18.5 Å². The fourth-order valence-corrected chi connectivity index (χ4v) is 4.75. The van der Waals surface area contributed by atoms with E-state index in [1.807, 2.05) is 12.1 Å². The lowest BCUT2D eigenvalue weighted by Crippen LogP contribution is -2.10. The highest BCUT2D eigenvalue weighted by molar-refractivity contribution is 5.83. The molecule has 8 heteroatoms. The maximum atomic E-state index is 15.0. The van der Waals surface area contributed by atoms with Gasteiger partial charge in [0.15, 0.2) is 0 Å². The molecule has 0 spiro atoms. The summed E-state index contributed by atoms with van der Waals surface area (Å²) in [4.78, 5) is 8.95. The third-order valence-electron chi connectivity index (χ3n) is 6.45. The van der Waals surface area contributed by atoms with Crippen molar-refractivity contribution in [3.8, 4) is 16.9 Å². The van der Waals surface area contributed by atoms with E-state index in [2.05, 4.69) is 9.97 Å². The molecule has 5 nitrogen and oxygen atoms in total. The number of aliphatic hydroxyl groups is 1. The molecular formula is C25H20F3N3O2. The molecule has 1 saturated carbocycles. The first-order chi connectivity index (χ1) is 16.0. The summed E-state index contributed by atoms with van der Waals surface area (Å²) in [6.07, 6.45) is 3.29. The number of hydrogen-bond acceptors (Lipinski definition) is 4. The number of ether oxygens (including phenoxy) is 1. The average molecular weight is 451 g/mol. The van der Waals surface area contributed by atoms with Gasteiger partial charge in [-0.3, -0.25) is 4.98 Å². The molecule has 2 unspecified atom stereocenters. The van der Waals surface area contributed by atoms with Gasteiger partial charge in [-0.2, -0.15) is 8.78 Å². The number of hydrogen-bond donors (Lipinski definition) is 1. The molecule has 2 aromatic heterocycles. The summed E-state index contributed by atoms with van der Waals surface area (Å²) < 4.78 is 47.5. The molecule has 33 heavy (non-hydrogen) atoms. The highest BCUT2D eigenvalue weighted by Crippen LogP contribution is 2.45. The summed E-state index contributed by atoms with van der Waals surface area (Å²) in [5, 5.41) is 10.7. The SMILES string of the molecule is OC1CC(c2ccccc2OC(F)F)n2c1nc1cc(F)c(-c3ccc(C4CC4)nc3)cc12. The predicted molar refractivity (Wildman–Crippen MR) is 116 cm³/mol. The van der Waals surface area contributed by atoms with Crippen LogP contribution in [0.5, 0.6) is 5.75 Å². The van der Waals surface area contributed by atoms with Crippen LogP contribution in [0.3, 0.4) is 0 Å². The highest BCUT2D eigenvalue weighted by atomic mass is 19.3. The quantitative estimate of drug-likeness (QED) is 0.420. The minimum Gasteiger partial charge on any atom is -0.434 e. The van der Waals surface area contributed by atoms with E-state index < -0.39 is 24.6 Å². The third-order valence-corrected chi connectivity index (χ3v) is 6.45. The van der Waals surface area contributed by atoms with E-state index in [0.29, 0.717) is 39.5 Å². The minimum atomic E-state index is -2.97. The molecule has 0 saturated heterocycles. The lowest BCUT2D eigenvalue weighted by Gasteiger charge is -2.19. The Morgan fingerprint density at radius 2 is 1.91 bits per heavy atom. The van der Waals surface area contributed by atoms with Crippen molar-refractivity contribution in [3.63, 3.8) is 0 Å². The second-order valence-corrected chi connectivity index (χ2v) is 8.59. The number of halogens is 3. The zero-order valence-corrected chi connectivity index (χ0v) is 17.5. The Labute approximate surface area is 187 Å². The summed E-state index contributed by atoms with van der Waals surface area (Å²) in [7, 11) is 0. The molecule has 168 valence electrons. The smallest absolute Gasteiger partial charge is 0.387 e. The predicted octanol–water partition coefficient (Wildman–Crippen LogP) is 5.74. The van der Waals surface area contributed by atoms with Crippen LogP contribution in [-0.2, 0) is 0 Å². The van der Waals surface area contributed by atoms with Crippen LogP contribution in [0.2, 0.25) is 0 Å². The Kier molecular flexibility index (Phi) is 4.65. The van der Waals surface area contributed by atoms with Gasteiger partial charge in [-0.1, -0.05) is 24.3 Å². The molecule has 2 atom stereocenters. The van der Waals surface area contributed by atoms with Gasteiger partial charge in [0.25, 0.3) is 0 Å². The van der Waals surface area contributed by atoms with Gasteiger partial charge in [0, 0.05) is 47.0 Å². The Hall–Kier alpha value is -3.39. The second kappa shape index (κ2) is 7.59. The first kappa shape index (κ1) is 20.2. The number of pyridine rings is 1. The maximum Gasteiger partial charge on any atom is 0.387 e. The summed E-state index contributed by atoms with van der Waals surface area (Å²) in [6, 6.07) is 12.9. The van der Waals surface area contributed by atoms with E-state index >= 15 is 4.39 Å². The summed E-state index contributed by atoms with van der Waals surface area (Å²) in [5.41, 5.74) is 3.55. The molecule has 2 aliphatic rings. The lowest BCUT2D eigenvalue weighted by molar-refractivity contribution is -0.0507. The zero-order chi connectivity index (χ0) is 22.7. The molecule has 6 rings (SSSR count). The van der Waals surface area contributed by atoms with Crippen molar-refractivity contribution < 1.29 is 23.0 Å². The summed E-state index contributed by atoms with van der Waals surface area (Å²) in [6.45, 7) is -2.97. The lowest BCUT2D eigenvalue weighted by atomic mass is 10.0. The van der Waals surface area contributed by atoms with E-state index in [1.54, 1.807) is 35.0 Å². The standard InChI is InChI=1S/C25H20F3N3O2/c26-17-10-19-21(9-16(17)14-7-8-18(29-12-14)13-5-6-13)31-20(11-22(32)24(31)30-19)15-3-1-2-4-23(15)33-25(27)28/h1-4,7-10,12-13,20,22,25,32H,5-6,11H2. The maximum absolute atomic E-state index is 15.0. The number of para-hydroxylation sites is 1. The molecule has 0 bridgehead atoms. The third kappa shape index (κ3) is 3.45. The minimum absolute atomic E-state index is 0.0431. The first-order valence-electron chi connectivity index (χ1n) is 10.9. The van der Waals surface area contributed by atoms with Gasteiger partial charge in [0.1, 0.15) is 23.5 Å². The second-order valence-electron chi connectivity index (χ2n) is 8.59. The first-order valence-corrected chi connectivity index (χ1v) is 10.9. The summed E-state index contributed by atoms with van der Waals surface area (Å²) >= 11 is 0. The Bertz CT molecular complexity index is 1350. The number of aliphatic hydroxyl groups excluding tert-OH is 1. The number of fused-ring (bicyclic) bond motifs is 3. The van der Waals surface area contributed by atoms with Gasteiger partial charge in [0.05, 0.1) is 17.1 Å². The highest BCUT2D eigenvalue weighted by Gasteiger charge is 2.36. The van der Waals surface area contributed by atoms with Crippen LogP contribution >= 0.6 is 0 Å². The van der Waals surface area contributed by atoms with E-state index in [9.17, 15) is 13.9 Å². The van der Waals surface area contributed by atoms with Gasteiger partial charge < -0.3 is 14.4 Å². The van der Waals surface area contributed by atoms with Gasteiger partial charge in [-0.25, -0.2) is 9.37 Å². The number of nitrogens with zero attached hydrogens (tertiary/aromatic N) is 3. The monoisotopic (exact) mass is 451 g/mol. The molecule has 2 aromatic carbocycles. The van der Waals surface area contributed by atoms with Crippen LogP contribution in [0.1, 0.15) is 54.4 Å². The van der Waals surface area contributed by atoms with Gasteiger partial charge >= 0.3 is 6.61 Å².